The molecule has 2 atom stereocenters. The molecule has 0 saturated heterocycles. The van der Waals surface area contributed by atoms with Crippen molar-refractivity contribution in [1.82, 2.24) is 0 Å². The number of aryl methyl sites for hydroxylation is 2. The first kappa shape index (κ1) is 36.8. The fraction of sp³-hybridized carbons (Fsp3) is 0.164. The molecule has 8 aromatic rings. The van der Waals surface area contributed by atoms with E-state index >= 15 is 0 Å². The molecular weight excluding hydrogens is 677 g/mol. The van der Waals surface area contributed by atoms with Gasteiger partial charge in [0.1, 0.15) is 5.75 Å². The van der Waals surface area contributed by atoms with Crippen LogP contribution in [0.25, 0.3) is 32.7 Å². The van der Waals surface area contributed by atoms with Crippen LogP contribution in [-0.4, -0.2) is 6.61 Å². The summed E-state index contributed by atoms with van der Waals surface area (Å²) in [5, 5.41) is 5.30. The molecule has 0 N–H and O–H groups in total. The number of hydrogen-bond donors (Lipinski definition) is 0. The third kappa shape index (κ3) is 8.69. The zero-order valence-corrected chi connectivity index (χ0v) is 32.2. The van der Waals surface area contributed by atoms with Crippen molar-refractivity contribution in [2.45, 2.75) is 50.4 Å². The summed E-state index contributed by atoms with van der Waals surface area (Å²) in [5.41, 5.74) is 10.7. The van der Waals surface area contributed by atoms with E-state index in [9.17, 15) is 0 Å². The van der Waals surface area contributed by atoms with Crippen LogP contribution in [0.3, 0.4) is 0 Å². The number of benzene rings is 8. The first-order valence-electron chi connectivity index (χ1n) is 20.3. The van der Waals surface area contributed by atoms with Crippen LogP contribution in [0, 0.1) is 0 Å². The van der Waals surface area contributed by atoms with Gasteiger partial charge < -0.3 is 4.74 Å². The van der Waals surface area contributed by atoms with Crippen LogP contribution in [-0.2, 0) is 12.8 Å². The van der Waals surface area contributed by atoms with Crippen LogP contribution in [0.1, 0.15) is 70.9 Å². The molecule has 276 valence electrons. The molecule has 0 radical (unpaired) electrons. The maximum absolute atomic E-state index is 6.03. The van der Waals surface area contributed by atoms with E-state index < -0.39 is 0 Å². The number of unbranched alkanes of at least 4 members (excludes halogenated alkanes) is 1. The molecule has 1 heteroatoms. The molecule has 1 nitrogen and oxygen atoms in total. The minimum absolute atomic E-state index is 0.263. The van der Waals surface area contributed by atoms with Gasteiger partial charge in [0.05, 0.1) is 6.61 Å². The van der Waals surface area contributed by atoms with Gasteiger partial charge in [0.15, 0.2) is 0 Å². The average Bonchev–Trinajstić information content (AvgIpc) is 3.27. The highest BCUT2D eigenvalue weighted by molar-refractivity contribution is 5.87. The van der Waals surface area contributed by atoms with Crippen LogP contribution in [0.5, 0.6) is 5.75 Å². The van der Waals surface area contributed by atoms with E-state index in [2.05, 4.69) is 195 Å². The van der Waals surface area contributed by atoms with Crippen molar-refractivity contribution < 1.29 is 4.74 Å². The molecule has 2 unspecified atom stereocenters. The van der Waals surface area contributed by atoms with Gasteiger partial charge in [-0.25, -0.2) is 0 Å². The molecule has 0 amide bonds. The van der Waals surface area contributed by atoms with Gasteiger partial charge in [-0.2, -0.15) is 0 Å². The lowest BCUT2D eigenvalue weighted by Gasteiger charge is -2.20. The molecule has 0 aliphatic rings. The van der Waals surface area contributed by atoms with E-state index in [1.807, 2.05) is 6.08 Å². The van der Waals surface area contributed by atoms with E-state index in [0.29, 0.717) is 12.5 Å². The highest BCUT2D eigenvalue weighted by Gasteiger charge is 2.18. The highest BCUT2D eigenvalue weighted by Crippen LogP contribution is 2.36. The summed E-state index contributed by atoms with van der Waals surface area (Å²) in [6.07, 6.45) is 7.98. The first-order chi connectivity index (χ1) is 27.7. The van der Waals surface area contributed by atoms with Crippen molar-refractivity contribution in [1.29, 1.82) is 0 Å². The lowest BCUT2D eigenvalue weighted by atomic mass is 9.83. The Bertz CT molecular complexity index is 2470. The highest BCUT2D eigenvalue weighted by atomic mass is 16.5. The summed E-state index contributed by atoms with van der Waals surface area (Å²) in [6, 6.07) is 69.3. The zero-order valence-electron chi connectivity index (χ0n) is 32.2. The fourth-order valence-electron chi connectivity index (χ4n) is 8.37. The molecule has 8 rings (SSSR count). The Labute approximate surface area is 333 Å². The van der Waals surface area contributed by atoms with Crippen molar-refractivity contribution in [2.24, 2.45) is 0 Å². The van der Waals surface area contributed by atoms with Crippen LogP contribution in [0.15, 0.2) is 201 Å². The Morgan fingerprint density at radius 3 is 1.73 bits per heavy atom. The number of rotatable bonds is 16. The zero-order chi connectivity index (χ0) is 37.9. The van der Waals surface area contributed by atoms with Gasteiger partial charge in [0.25, 0.3) is 0 Å². The van der Waals surface area contributed by atoms with Gasteiger partial charge >= 0.3 is 0 Å². The molecule has 0 saturated carbocycles. The summed E-state index contributed by atoms with van der Waals surface area (Å²) in [4.78, 5) is 0. The molecule has 0 bridgehead atoms. The van der Waals surface area contributed by atoms with Crippen molar-refractivity contribution in [3.63, 3.8) is 0 Å². The molecule has 0 aromatic heterocycles. The van der Waals surface area contributed by atoms with Gasteiger partial charge in [-0.1, -0.05) is 182 Å². The number of ether oxygens (including phenoxy) is 1. The minimum atomic E-state index is 0.263. The van der Waals surface area contributed by atoms with Gasteiger partial charge in [0, 0.05) is 11.8 Å². The topological polar surface area (TPSA) is 9.23 Å². The first-order valence-corrected chi connectivity index (χ1v) is 20.3. The summed E-state index contributed by atoms with van der Waals surface area (Å²) in [5.74, 6) is 1.52. The van der Waals surface area contributed by atoms with Crippen molar-refractivity contribution >= 4 is 21.5 Å². The van der Waals surface area contributed by atoms with Crippen molar-refractivity contribution in [2.75, 3.05) is 6.61 Å². The Kier molecular flexibility index (Phi) is 11.8. The maximum Gasteiger partial charge on any atom is 0.119 e. The standard InChI is InChI=1S/C55H50O/c1-2-3-11-40-56-50-36-33-49(34-37-50)52(39-35-47-19-12-18-44-16-7-9-21-51(44)47)48-31-29-43(30-32-48)42-27-24-41(25-28-42)26-38-54(45-14-5-4-6-15-45)55-23-13-20-46-17-8-10-22-53(46)55/h2,4-10,12-25,27-34,36-37,52,54H,1,3,11,26,35,38-40H2. The van der Waals surface area contributed by atoms with E-state index in [-0.39, 0.29) is 5.92 Å². The second-order valence-electron chi connectivity index (χ2n) is 15.0. The molecule has 0 aliphatic heterocycles. The SMILES string of the molecule is C=CCCCOc1ccc(C(CCc2cccc3ccccc23)c2ccc(-c3ccc(CCC(c4ccccc4)c4cccc5ccccc45)cc3)cc2)cc1. The Morgan fingerprint density at radius 2 is 1.02 bits per heavy atom. The van der Waals surface area contributed by atoms with E-state index in [4.69, 9.17) is 4.74 Å². The number of fused-ring (bicyclic) bond motifs is 2. The third-order valence-electron chi connectivity index (χ3n) is 11.4. The molecule has 0 aliphatic carbocycles. The van der Waals surface area contributed by atoms with Crippen molar-refractivity contribution in [3.05, 3.63) is 234 Å². The van der Waals surface area contributed by atoms with E-state index in [1.165, 1.54) is 66.1 Å². The molecule has 56 heavy (non-hydrogen) atoms. The normalized spacial score (nSPS) is 12.4. The molecule has 0 spiro atoms. The van der Waals surface area contributed by atoms with Crippen molar-refractivity contribution in [3.8, 4) is 16.9 Å². The van der Waals surface area contributed by atoms with E-state index in [1.54, 1.807) is 0 Å². The predicted octanol–water partition coefficient (Wildman–Crippen LogP) is 14.5. The van der Waals surface area contributed by atoms with Gasteiger partial charge in [-0.3, -0.25) is 0 Å². The number of allylic oxidation sites excluding steroid dienone is 1. The lowest BCUT2D eigenvalue weighted by Crippen LogP contribution is -2.04. The summed E-state index contributed by atoms with van der Waals surface area (Å²) in [6.45, 7) is 4.53. The van der Waals surface area contributed by atoms with Crippen LogP contribution in [0.4, 0.5) is 0 Å². The largest absolute Gasteiger partial charge is 0.494 e. The van der Waals surface area contributed by atoms with Crippen LogP contribution >= 0.6 is 0 Å². The maximum atomic E-state index is 6.03. The molecular formula is C55H50O. The van der Waals surface area contributed by atoms with Crippen LogP contribution in [0.2, 0.25) is 0 Å². The average molecular weight is 727 g/mol. The Balaban J connectivity index is 0.996. The molecule has 8 aromatic carbocycles. The van der Waals surface area contributed by atoms with Gasteiger partial charge in [-0.15, -0.1) is 6.58 Å². The fourth-order valence-corrected chi connectivity index (χ4v) is 8.37. The third-order valence-corrected chi connectivity index (χ3v) is 11.4. The summed E-state index contributed by atoms with van der Waals surface area (Å²) in [7, 11) is 0. The second-order valence-corrected chi connectivity index (χ2v) is 15.0. The second kappa shape index (κ2) is 18.0. The molecule has 0 heterocycles. The van der Waals surface area contributed by atoms with E-state index in [0.717, 1.165) is 44.3 Å². The smallest absolute Gasteiger partial charge is 0.119 e. The summed E-state index contributed by atoms with van der Waals surface area (Å²) < 4.78 is 6.03. The predicted molar refractivity (Wildman–Crippen MR) is 238 cm³/mol. The minimum Gasteiger partial charge on any atom is -0.494 e. The summed E-state index contributed by atoms with van der Waals surface area (Å²) >= 11 is 0. The van der Waals surface area contributed by atoms with Gasteiger partial charge in [-0.05, 0) is 117 Å². The Hall–Kier alpha value is -6.18. The molecule has 0 fully saturated rings. The van der Waals surface area contributed by atoms with Crippen LogP contribution < -0.4 is 4.74 Å². The Morgan fingerprint density at radius 1 is 0.464 bits per heavy atom. The monoisotopic (exact) mass is 726 g/mol. The van der Waals surface area contributed by atoms with Gasteiger partial charge in [0.2, 0.25) is 0 Å². The quantitative estimate of drug-likeness (QED) is 0.0711. The lowest BCUT2D eigenvalue weighted by molar-refractivity contribution is 0.312. The number of hydrogen-bond acceptors (Lipinski definition) is 1.